The Labute approximate surface area is 215 Å². The maximum Gasteiger partial charge on any atom is 0.343 e. The molecule has 0 fully saturated rings. The summed E-state index contributed by atoms with van der Waals surface area (Å²) in [5, 5.41) is 6.37. The van der Waals surface area contributed by atoms with Gasteiger partial charge in [0.1, 0.15) is 5.75 Å². The number of carbonyl (C=O) groups excluding carboxylic acids is 3. The number of rotatable bonds is 10. The third kappa shape index (κ3) is 7.93. The summed E-state index contributed by atoms with van der Waals surface area (Å²) in [7, 11) is 0. The molecule has 9 nitrogen and oxygen atoms in total. The van der Waals surface area contributed by atoms with Gasteiger partial charge in [-0.15, -0.1) is 0 Å². The molecule has 3 aromatic rings. The van der Waals surface area contributed by atoms with Crippen LogP contribution in [0.2, 0.25) is 0 Å². The first-order chi connectivity index (χ1) is 17.9. The first kappa shape index (κ1) is 26.9. The molecule has 2 amide bonds. The van der Waals surface area contributed by atoms with Crippen LogP contribution in [0.15, 0.2) is 71.8 Å². The van der Waals surface area contributed by atoms with Gasteiger partial charge in [-0.1, -0.05) is 25.1 Å². The van der Waals surface area contributed by atoms with Crippen LogP contribution in [0.5, 0.6) is 17.2 Å². The van der Waals surface area contributed by atoms with Crippen molar-refractivity contribution < 1.29 is 28.6 Å². The smallest absolute Gasteiger partial charge is 0.343 e. The van der Waals surface area contributed by atoms with Gasteiger partial charge in [0.05, 0.1) is 25.0 Å². The summed E-state index contributed by atoms with van der Waals surface area (Å²) in [6, 6.07) is 18.6. The normalized spacial score (nSPS) is 10.6. The first-order valence-corrected chi connectivity index (χ1v) is 11.8. The van der Waals surface area contributed by atoms with Crippen LogP contribution >= 0.6 is 0 Å². The maximum atomic E-state index is 12.6. The van der Waals surface area contributed by atoms with E-state index in [1.807, 2.05) is 26.0 Å². The van der Waals surface area contributed by atoms with Crippen molar-refractivity contribution >= 4 is 29.7 Å². The zero-order valence-corrected chi connectivity index (χ0v) is 20.9. The zero-order valence-electron chi connectivity index (χ0n) is 20.9. The third-order valence-electron chi connectivity index (χ3n) is 5.01. The molecule has 192 valence electrons. The van der Waals surface area contributed by atoms with E-state index < -0.39 is 17.8 Å². The number of benzene rings is 3. The monoisotopic (exact) mass is 503 g/mol. The lowest BCUT2D eigenvalue weighted by atomic mass is 10.2. The van der Waals surface area contributed by atoms with Gasteiger partial charge in [0.2, 0.25) is 0 Å². The minimum Gasteiger partial charge on any atom is -0.494 e. The van der Waals surface area contributed by atoms with Crippen LogP contribution < -0.4 is 25.0 Å². The molecule has 3 rings (SSSR count). The van der Waals surface area contributed by atoms with E-state index in [4.69, 9.17) is 14.2 Å². The summed E-state index contributed by atoms with van der Waals surface area (Å²) in [6.45, 7) is 6.57. The summed E-state index contributed by atoms with van der Waals surface area (Å²) >= 11 is 0. The highest BCUT2D eigenvalue weighted by molar-refractivity contribution is 6.39. The SMILES string of the molecule is CCCOc1ccc(C(=O)Oc2ccc(/C=N\NC(=O)C(=O)Nc3ccccc3C)cc2OCC)cc1. The van der Waals surface area contributed by atoms with E-state index in [1.165, 1.54) is 6.21 Å². The molecular formula is C28H29N3O6. The van der Waals surface area contributed by atoms with Gasteiger partial charge in [-0.25, -0.2) is 10.2 Å². The van der Waals surface area contributed by atoms with Crippen LogP contribution in [0.1, 0.15) is 41.8 Å². The van der Waals surface area contributed by atoms with Crippen LogP contribution in [-0.4, -0.2) is 37.2 Å². The molecule has 2 N–H and O–H groups in total. The first-order valence-electron chi connectivity index (χ1n) is 11.8. The largest absolute Gasteiger partial charge is 0.494 e. The van der Waals surface area contributed by atoms with E-state index in [0.717, 1.165) is 12.0 Å². The number of hydrazone groups is 1. The Balaban J connectivity index is 1.62. The van der Waals surface area contributed by atoms with Crippen molar-refractivity contribution in [3.05, 3.63) is 83.4 Å². The van der Waals surface area contributed by atoms with Gasteiger partial charge in [-0.05, 0) is 79.9 Å². The Kier molecular flexibility index (Phi) is 9.78. The van der Waals surface area contributed by atoms with E-state index in [0.29, 0.717) is 41.5 Å². The van der Waals surface area contributed by atoms with Crippen molar-refractivity contribution in [2.75, 3.05) is 18.5 Å². The number of hydrogen-bond acceptors (Lipinski definition) is 7. The van der Waals surface area contributed by atoms with Gasteiger partial charge in [-0.3, -0.25) is 9.59 Å². The Bertz CT molecular complexity index is 1270. The van der Waals surface area contributed by atoms with Crippen molar-refractivity contribution in [3.8, 4) is 17.2 Å². The third-order valence-corrected chi connectivity index (χ3v) is 5.01. The van der Waals surface area contributed by atoms with E-state index in [2.05, 4.69) is 15.8 Å². The van der Waals surface area contributed by atoms with E-state index >= 15 is 0 Å². The molecule has 0 aliphatic heterocycles. The van der Waals surface area contributed by atoms with Crippen molar-refractivity contribution in [1.82, 2.24) is 5.43 Å². The van der Waals surface area contributed by atoms with Crippen LogP contribution in [0.25, 0.3) is 0 Å². The van der Waals surface area contributed by atoms with Crippen LogP contribution in [0.3, 0.4) is 0 Å². The fourth-order valence-corrected chi connectivity index (χ4v) is 3.13. The molecule has 0 heterocycles. The lowest BCUT2D eigenvalue weighted by molar-refractivity contribution is -0.136. The summed E-state index contributed by atoms with van der Waals surface area (Å²) in [5.74, 6) is -1.06. The lowest BCUT2D eigenvalue weighted by Gasteiger charge is -2.12. The van der Waals surface area contributed by atoms with Crippen LogP contribution in [-0.2, 0) is 9.59 Å². The summed E-state index contributed by atoms with van der Waals surface area (Å²) in [5.41, 5.74) is 4.48. The minimum absolute atomic E-state index is 0.233. The Morgan fingerprint density at radius 3 is 2.35 bits per heavy atom. The second-order valence-corrected chi connectivity index (χ2v) is 7.87. The van der Waals surface area contributed by atoms with Gasteiger partial charge in [0.15, 0.2) is 11.5 Å². The number of nitrogens with one attached hydrogen (secondary N) is 2. The van der Waals surface area contributed by atoms with E-state index in [-0.39, 0.29) is 5.75 Å². The average Bonchev–Trinajstić information content (AvgIpc) is 2.90. The Hall–Kier alpha value is -4.66. The molecule has 0 spiro atoms. The molecule has 0 bridgehead atoms. The van der Waals surface area contributed by atoms with Crippen molar-refractivity contribution in [3.63, 3.8) is 0 Å². The fourth-order valence-electron chi connectivity index (χ4n) is 3.13. The molecule has 0 saturated carbocycles. The molecule has 0 aromatic heterocycles. The quantitative estimate of drug-likeness (QED) is 0.138. The summed E-state index contributed by atoms with van der Waals surface area (Å²) < 4.78 is 16.7. The highest BCUT2D eigenvalue weighted by atomic mass is 16.6. The number of para-hydroxylation sites is 1. The highest BCUT2D eigenvalue weighted by Crippen LogP contribution is 2.29. The van der Waals surface area contributed by atoms with Crippen molar-refractivity contribution in [2.45, 2.75) is 27.2 Å². The molecule has 0 atom stereocenters. The number of nitrogens with zero attached hydrogens (tertiary/aromatic N) is 1. The van der Waals surface area contributed by atoms with Crippen molar-refractivity contribution in [1.29, 1.82) is 0 Å². The van der Waals surface area contributed by atoms with Gasteiger partial charge in [0.25, 0.3) is 0 Å². The number of anilines is 1. The lowest BCUT2D eigenvalue weighted by Crippen LogP contribution is -2.32. The van der Waals surface area contributed by atoms with Gasteiger partial charge in [0, 0.05) is 5.69 Å². The van der Waals surface area contributed by atoms with E-state index in [1.54, 1.807) is 61.5 Å². The fraction of sp³-hybridized carbons (Fsp3) is 0.214. The van der Waals surface area contributed by atoms with Gasteiger partial charge >= 0.3 is 17.8 Å². The Morgan fingerprint density at radius 1 is 0.892 bits per heavy atom. The summed E-state index contributed by atoms with van der Waals surface area (Å²) in [6.07, 6.45) is 2.24. The molecule has 37 heavy (non-hydrogen) atoms. The molecule has 9 heteroatoms. The molecular weight excluding hydrogens is 474 g/mol. The Morgan fingerprint density at radius 2 is 1.65 bits per heavy atom. The molecule has 0 unspecified atom stereocenters. The van der Waals surface area contributed by atoms with Gasteiger partial charge < -0.3 is 19.5 Å². The molecule has 0 aliphatic carbocycles. The van der Waals surface area contributed by atoms with Crippen LogP contribution in [0, 0.1) is 6.92 Å². The maximum absolute atomic E-state index is 12.6. The zero-order chi connectivity index (χ0) is 26.6. The standard InChI is InChI=1S/C28H29N3O6/c1-4-16-36-22-13-11-21(12-14-22)28(34)37-24-15-10-20(17-25(24)35-5-2)18-29-31-27(33)26(32)30-23-9-7-6-8-19(23)3/h6-15,17-18H,4-5,16H2,1-3H3,(H,30,32)(H,31,33)/b29-18-. The number of ether oxygens (including phenoxy) is 3. The predicted octanol–water partition coefficient (Wildman–Crippen LogP) is 4.49. The molecule has 3 aromatic carbocycles. The predicted molar refractivity (Wildman–Crippen MR) is 140 cm³/mol. The minimum atomic E-state index is -0.916. The topological polar surface area (TPSA) is 115 Å². The second kappa shape index (κ2) is 13.4. The molecule has 0 aliphatic rings. The molecule has 0 radical (unpaired) electrons. The van der Waals surface area contributed by atoms with Gasteiger partial charge in [-0.2, -0.15) is 5.10 Å². The number of aryl methyl sites for hydroxylation is 1. The molecule has 0 saturated heterocycles. The average molecular weight is 504 g/mol. The number of hydrogen-bond donors (Lipinski definition) is 2. The van der Waals surface area contributed by atoms with Crippen LogP contribution in [0.4, 0.5) is 5.69 Å². The van der Waals surface area contributed by atoms with E-state index in [9.17, 15) is 14.4 Å². The number of esters is 1. The highest BCUT2D eigenvalue weighted by Gasteiger charge is 2.15. The summed E-state index contributed by atoms with van der Waals surface area (Å²) in [4.78, 5) is 36.8. The number of carbonyl (C=O) groups is 3. The number of amides is 2. The van der Waals surface area contributed by atoms with Crippen molar-refractivity contribution in [2.24, 2.45) is 5.10 Å². The second-order valence-electron chi connectivity index (χ2n) is 7.87.